The number of likely N-dealkylation sites (N-methyl/N-ethyl adjacent to an activating group) is 1. The van der Waals surface area contributed by atoms with Crippen LogP contribution in [-0.4, -0.2) is 93.2 Å². The van der Waals surface area contributed by atoms with Crippen LogP contribution in [0.5, 0.6) is 0 Å². The smallest absolute Gasteiger partial charge is 0.226 e. The molecule has 30 heavy (non-hydrogen) atoms. The average molecular weight is 442 g/mol. The SMILES string of the molecule is CN(CCN(C1CCOCC1)C1CCN(S(C)(=O)=O)C1)C(=O)Cc1ccc(F)cc1. The van der Waals surface area contributed by atoms with Gasteiger partial charge < -0.3 is 9.64 Å². The van der Waals surface area contributed by atoms with Gasteiger partial charge in [0.2, 0.25) is 15.9 Å². The summed E-state index contributed by atoms with van der Waals surface area (Å²) in [5.41, 5.74) is 0.786. The summed E-state index contributed by atoms with van der Waals surface area (Å²) in [5.74, 6) is -0.330. The fourth-order valence-electron chi connectivity index (χ4n) is 4.26. The molecule has 1 unspecified atom stereocenters. The molecule has 3 rings (SSSR count). The number of benzene rings is 1. The molecule has 2 fully saturated rings. The maximum absolute atomic E-state index is 13.1. The van der Waals surface area contributed by atoms with Crippen LogP contribution in [0.15, 0.2) is 24.3 Å². The first-order valence-corrected chi connectivity index (χ1v) is 12.4. The van der Waals surface area contributed by atoms with E-state index >= 15 is 0 Å². The summed E-state index contributed by atoms with van der Waals surface area (Å²) in [6, 6.07) is 6.49. The van der Waals surface area contributed by atoms with Crippen LogP contribution in [0.2, 0.25) is 0 Å². The van der Waals surface area contributed by atoms with E-state index in [4.69, 9.17) is 4.74 Å². The van der Waals surface area contributed by atoms with Crippen molar-refractivity contribution in [3.05, 3.63) is 35.6 Å². The molecule has 1 aromatic carbocycles. The summed E-state index contributed by atoms with van der Waals surface area (Å²) >= 11 is 0. The Labute approximate surface area is 178 Å². The summed E-state index contributed by atoms with van der Waals surface area (Å²) in [7, 11) is -1.41. The number of ether oxygens (including phenoxy) is 1. The highest BCUT2D eigenvalue weighted by molar-refractivity contribution is 7.88. The molecule has 0 N–H and O–H groups in total. The van der Waals surface area contributed by atoms with Gasteiger partial charge in [-0.05, 0) is 37.0 Å². The lowest BCUT2D eigenvalue weighted by atomic mass is 10.0. The Morgan fingerprint density at radius 3 is 2.40 bits per heavy atom. The van der Waals surface area contributed by atoms with Crippen molar-refractivity contribution in [2.75, 3.05) is 52.7 Å². The Morgan fingerprint density at radius 1 is 1.13 bits per heavy atom. The number of rotatable bonds is 8. The molecule has 0 bridgehead atoms. The second-order valence-corrected chi connectivity index (χ2v) is 10.2. The van der Waals surface area contributed by atoms with Gasteiger partial charge in [-0.1, -0.05) is 12.1 Å². The van der Waals surface area contributed by atoms with Gasteiger partial charge >= 0.3 is 0 Å². The van der Waals surface area contributed by atoms with Gasteiger partial charge in [0.25, 0.3) is 0 Å². The minimum atomic E-state index is -3.19. The second kappa shape index (κ2) is 10.2. The third-order valence-corrected chi connectivity index (χ3v) is 7.38. The van der Waals surface area contributed by atoms with Crippen LogP contribution in [0.4, 0.5) is 4.39 Å². The average Bonchev–Trinajstić information content (AvgIpc) is 3.21. The van der Waals surface area contributed by atoms with E-state index in [2.05, 4.69) is 4.90 Å². The zero-order chi connectivity index (χ0) is 21.7. The minimum Gasteiger partial charge on any atom is -0.381 e. The fraction of sp³-hybridized carbons (Fsp3) is 0.667. The molecule has 0 aliphatic carbocycles. The van der Waals surface area contributed by atoms with Gasteiger partial charge in [0.1, 0.15) is 5.82 Å². The molecular weight excluding hydrogens is 409 g/mol. The van der Waals surface area contributed by atoms with E-state index in [1.54, 1.807) is 28.4 Å². The molecule has 2 saturated heterocycles. The quantitative estimate of drug-likeness (QED) is 0.609. The number of hydrogen-bond acceptors (Lipinski definition) is 5. The minimum absolute atomic E-state index is 0.0160. The highest BCUT2D eigenvalue weighted by Crippen LogP contribution is 2.24. The predicted octanol–water partition coefficient (Wildman–Crippen LogP) is 1.34. The molecule has 1 atom stereocenters. The summed E-state index contributed by atoms with van der Waals surface area (Å²) in [6.07, 6.45) is 4.14. The highest BCUT2D eigenvalue weighted by atomic mass is 32.2. The number of carbonyl (C=O) groups excluding carboxylic acids is 1. The van der Waals surface area contributed by atoms with Gasteiger partial charge in [0.05, 0.1) is 12.7 Å². The number of nitrogens with zero attached hydrogens (tertiary/aromatic N) is 3. The van der Waals surface area contributed by atoms with Gasteiger partial charge in [-0.15, -0.1) is 0 Å². The van der Waals surface area contributed by atoms with Crippen LogP contribution < -0.4 is 0 Å². The molecule has 0 saturated carbocycles. The lowest BCUT2D eigenvalue weighted by molar-refractivity contribution is -0.129. The first-order valence-electron chi connectivity index (χ1n) is 10.5. The van der Waals surface area contributed by atoms with Gasteiger partial charge in [-0.3, -0.25) is 9.69 Å². The largest absolute Gasteiger partial charge is 0.381 e. The van der Waals surface area contributed by atoms with E-state index in [0.717, 1.165) is 24.8 Å². The van der Waals surface area contributed by atoms with Gasteiger partial charge in [-0.2, -0.15) is 0 Å². The molecule has 1 amide bonds. The van der Waals surface area contributed by atoms with Crippen molar-refractivity contribution >= 4 is 15.9 Å². The van der Waals surface area contributed by atoms with Crippen molar-refractivity contribution in [3.8, 4) is 0 Å². The first-order chi connectivity index (χ1) is 14.2. The second-order valence-electron chi connectivity index (χ2n) is 8.26. The number of hydrogen-bond donors (Lipinski definition) is 0. The molecule has 168 valence electrons. The molecule has 7 nitrogen and oxygen atoms in total. The Bertz CT molecular complexity index is 812. The lowest BCUT2D eigenvalue weighted by Crippen LogP contribution is -2.50. The van der Waals surface area contributed by atoms with Crippen LogP contribution in [0.25, 0.3) is 0 Å². The van der Waals surface area contributed by atoms with Crippen LogP contribution in [-0.2, 0) is 26.0 Å². The number of amides is 1. The first kappa shape index (κ1) is 23.1. The molecule has 0 spiro atoms. The van der Waals surface area contributed by atoms with Crippen molar-refractivity contribution in [1.82, 2.24) is 14.1 Å². The molecule has 0 radical (unpaired) electrons. The van der Waals surface area contributed by atoms with Crippen molar-refractivity contribution in [1.29, 1.82) is 0 Å². The summed E-state index contributed by atoms with van der Waals surface area (Å²) in [5, 5.41) is 0. The lowest BCUT2D eigenvalue weighted by Gasteiger charge is -2.39. The summed E-state index contributed by atoms with van der Waals surface area (Å²) in [4.78, 5) is 16.7. The van der Waals surface area contributed by atoms with E-state index in [1.165, 1.54) is 18.4 Å². The topological polar surface area (TPSA) is 70.2 Å². The van der Waals surface area contributed by atoms with Crippen LogP contribution in [0.1, 0.15) is 24.8 Å². The van der Waals surface area contributed by atoms with Crippen molar-refractivity contribution in [2.24, 2.45) is 0 Å². The Balaban J connectivity index is 1.60. The van der Waals surface area contributed by atoms with Crippen LogP contribution >= 0.6 is 0 Å². The molecule has 2 aliphatic heterocycles. The Kier molecular flexibility index (Phi) is 7.84. The molecule has 9 heteroatoms. The summed E-state index contributed by atoms with van der Waals surface area (Å²) in [6.45, 7) is 3.73. The van der Waals surface area contributed by atoms with Crippen LogP contribution in [0, 0.1) is 5.82 Å². The zero-order valence-electron chi connectivity index (χ0n) is 17.8. The monoisotopic (exact) mass is 441 g/mol. The van der Waals surface area contributed by atoms with E-state index in [0.29, 0.717) is 45.4 Å². The zero-order valence-corrected chi connectivity index (χ0v) is 18.6. The molecular formula is C21H32FN3O4S. The highest BCUT2D eigenvalue weighted by Gasteiger charge is 2.35. The van der Waals surface area contributed by atoms with E-state index < -0.39 is 10.0 Å². The van der Waals surface area contributed by atoms with E-state index in [1.807, 2.05) is 0 Å². The van der Waals surface area contributed by atoms with Crippen molar-refractivity contribution in [2.45, 2.75) is 37.8 Å². The third kappa shape index (κ3) is 6.23. The molecule has 1 aromatic rings. The van der Waals surface area contributed by atoms with E-state index in [-0.39, 0.29) is 24.2 Å². The summed E-state index contributed by atoms with van der Waals surface area (Å²) < 4.78 is 44.0. The van der Waals surface area contributed by atoms with Gasteiger partial charge in [0, 0.05) is 58.5 Å². The van der Waals surface area contributed by atoms with Crippen molar-refractivity contribution in [3.63, 3.8) is 0 Å². The number of halogens is 1. The Morgan fingerprint density at radius 2 is 1.80 bits per heavy atom. The van der Waals surface area contributed by atoms with E-state index in [9.17, 15) is 17.6 Å². The molecule has 2 aliphatic rings. The standard InChI is InChI=1S/C21H32FN3O4S/c1-23(21(26)15-17-3-5-18(22)6-4-17)11-12-25(19-8-13-29-14-9-19)20-7-10-24(16-20)30(2,27)28/h3-6,19-20H,7-16H2,1-2H3. The number of sulfonamides is 1. The molecule has 0 aromatic heterocycles. The van der Waals surface area contributed by atoms with Crippen molar-refractivity contribution < 1.29 is 22.3 Å². The maximum atomic E-state index is 13.1. The van der Waals surface area contributed by atoms with Gasteiger partial charge in [-0.25, -0.2) is 17.1 Å². The fourth-order valence-corrected chi connectivity index (χ4v) is 5.14. The Hall–Kier alpha value is -1.55. The normalized spacial score (nSPS) is 21.3. The van der Waals surface area contributed by atoms with Crippen LogP contribution in [0.3, 0.4) is 0 Å². The predicted molar refractivity (Wildman–Crippen MR) is 113 cm³/mol. The van der Waals surface area contributed by atoms with Gasteiger partial charge in [0.15, 0.2) is 0 Å². The molecule has 2 heterocycles. The third-order valence-electron chi connectivity index (χ3n) is 6.11. The number of carbonyl (C=O) groups is 1. The maximum Gasteiger partial charge on any atom is 0.226 e.